The average Bonchev–Trinajstić information content (AvgIpc) is 2.96. The van der Waals surface area contributed by atoms with Crippen LogP contribution in [0.15, 0.2) is 34.9 Å². The fourth-order valence-corrected chi connectivity index (χ4v) is 2.55. The van der Waals surface area contributed by atoms with E-state index in [0.717, 1.165) is 17.9 Å². The molecule has 2 nitrogen and oxygen atoms in total. The highest BCUT2D eigenvalue weighted by atomic mass is 16.3. The van der Waals surface area contributed by atoms with Crippen molar-refractivity contribution in [1.29, 1.82) is 0 Å². The van der Waals surface area contributed by atoms with Crippen LogP contribution >= 0.6 is 0 Å². The number of hydrogen-bond donors (Lipinski definition) is 1. The Morgan fingerprint density at radius 3 is 3.12 bits per heavy atom. The molecule has 1 N–H and O–H groups in total. The van der Waals surface area contributed by atoms with E-state index in [1.54, 1.807) is 0 Å². The first-order valence-electron chi connectivity index (χ1n) is 6.09. The lowest BCUT2D eigenvalue weighted by Gasteiger charge is -2.06. The summed E-state index contributed by atoms with van der Waals surface area (Å²) in [6, 6.07) is 8.30. The standard InChI is InChI=1S/C14H17NO/c1-2-4-14-13(3-1)12(10-16-14)6-5-11-7-8-15-9-11/h1-4,10-11,15H,5-9H2. The summed E-state index contributed by atoms with van der Waals surface area (Å²) in [4.78, 5) is 0. The summed E-state index contributed by atoms with van der Waals surface area (Å²) in [5.41, 5.74) is 2.38. The first-order valence-corrected chi connectivity index (χ1v) is 6.09. The first-order chi connectivity index (χ1) is 7.93. The van der Waals surface area contributed by atoms with E-state index >= 15 is 0 Å². The van der Waals surface area contributed by atoms with E-state index in [-0.39, 0.29) is 0 Å². The van der Waals surface area contributed by atoms with Gasteiger partial charge in [0.2, 0.25) is 0 Å². The molecule has 2 aromatic rings. The molecule has 0 amide bonds. The van der Waals surface area contributed by atoms with E-state index in [9.17, 15) is 0 Å². The van der Waals surface area contributed by atoms with Gasteiger partial charge >= 0.3 is 0 Å². The summed E-state index contributed by atoms with van der Waals surface area (Å²) in [6.07, 6.45) is 5.67. The van der Waals surface area contributed by atoms with Gasteiger partial charge in [-0.3, -0.25) is 0 Å². The molecule has 3 rings (SSSR count). The van der Waals surface area contributed by atoms with Gasteiger partial charge in [-0.05, 0) is 49.9 Å². The Morgan fingerprint density at radius 1 is 1.31 bits per heavy atom. The van der Waals surface area contributed by atoms with Crippen LogP contribution in [0.1, 0.15) is 18.4 Å². The van der Waals surface area contributed by atoms with E-state index in [4.69, 9.17) is 4.42 Å². The van der Waals surface area contributed by atoms with Gasteiger partial charge in [-0.25, -0.2) is 0 Å². The smallest absolute Gasteiger partial charge is 0.134 e. The Bertz CT molecular complexity index is 468. The van der Waals surface area contributed by atoms with Gasteiger partial charge in [0.15, 0.2) is 0 Å². The lowest BCUT2D eigenvalue weighted by molar-refractivity contribution is 0.529. The van der Waals surface area contributed by atoms with Gasteiger partial charge in [0.05, 0.1) is 6.26 Å². The van der Waals surface area contributed by atoms with Crippen LogP contribution in [0.2, 0.25) is 0 Å². The Hall–Kier alpha value is -1.28. The number of rotatable bonds is 3. The minimum atomic E-state index is 0.855. The molecule has 0 bridgehead atoms. The van der Waals surface area contributed by atoms with Crippen molar-refractivity contribution in [2.24, 2.45) is 5.92 Å². The van der Waals surface area contributed by atoms with Crippen LogP contribution in [0.5, 0.6) is 0 Å². The Labute approximate surface area is 95.6 Å². The van der Waals surface area contributed by atoms with Crippen molar-refractivity contribution >= 4 is 11.0 Å². The number of furan rings is 1. The monoisotopic (exact) mass is 215 g/mol. The lowest BCUT2D eigenvalue weighted by Crippen LogP contribution is -2.09. The average molecular weight is 215 g/mol. The molecule has 16 heavy (non-hydrogen) atoms. The van der Waals surface area contributed by atoms with Crippen molar-refractivity contribution in [2.75, 3.05) is 13.1 Å². The summed E-state index contributed by atoms with van der Waals surface area (Å²) < 4.78 is 5.55. The summed E-state index contributed by atoms with van der Waals surface area (Å²) in [5.74, 6) is 0.855. The third-order valence-electron chi connectivity index (χ3n) is 3.55. The summed E-state index contributed by atoms with van der Waals surface area (Å²) in [6.45, 7) is 2.38. The number of hydrogen-bond acceptors (Lipinski definition) is 2. The molecule has 1 aliphatic heterocycles. The molecular weight excluding hydrogens is 198 g/mol. The van der Waals surface area contributed by atoms with Gasteiger partial charge in [-0.15, -0.1) is 0 Å². The van der Waals surface area contributed by atoms with E-state index in [1.165, 1.54) is 36.9 Å². The second-order valence-electron chi connectivity index (χ2n) is 4.65. The zero-order valence-corrected chi connectivity index (χ0v) is 9.41. The van der Waals surface area contributed by atoms with Crippen molar-refractivity contribution in [3.8, 4) is 0 Å². The molecule has 0 radical (unpaired) electrons. The Morgan fingerprint density at radius 2 is 2.25 bits per heavy atom. The maximum Gasteiger partial charge on any atom is 0.134 e. The van der Waals surface area contributed by atoms with Gasteiger partial charge in [0, 0.05) is 5.39 Å². The van der Waals surface area contributed by atoms with Crippen molar-refractivity contribution in [2.45, 2.75) is 19.3 Å². The molecule has 0 saturated carbocycles. The highest BCUT2D eigenvalue weighted by molar-refractivity contribution is 5.80. The molecule has 1 fully saturated rings. The van der Waals surface area contributed by atoms with E-state index in [2.05, 4.69) is 17.4 Å². The van der Waals surface area contributed by atoms with Crippen molar-refractivity contribution < 1.29 is 4.42 Å². The normalized spacial score (nSPS) is 20.6. The van der Waals surface area contributed by atoms with Crippen molar-refractivity contribution in [3.05, 3.63) is 36.1 Å². The molecule has 84 valence electrons. The van der Waals surface area contributed by atoms with Crippen LogP contribution in [-0.2, 0) is 6.42 Å². The second kappa shape index (κ2) is 4.30. The first kappa shape index (κ1) is 9.91. The summed E-state index contributed by atoms with van der Waals surface area (Å²) in [5, 5.41) is 4.70. The van der Waals surface area contributed by atoms with Crippen molar-refractivity contribution in [3.63, 3.8) is 0 Å². The predicted molar refractivity (Wildman–Crippen MR) is 65.5 cm³/mol. The molecule has 1 saturated heterocycles. The molecule has 1 atom stereocenters. The van der Waals surface area contributed by atoms with Gasteiger partial charge < -0.3 is 9.73 Å². The number of benzene rings is 1. The molecule has 1 aromatic carbocycles. The van der Waals surface area contributed by atoms with Crippen LogP contribution in [0.4, 0.5) is 0 Å². The van der Waals surface area contributed by atoms with Crippen molar-refractivity contribution in [1.82, 2.24) is 5.32 Å². The maximum atomic E-state index is 5.55. The minimum absolute atomic E-state index is 0.855. The third kappa shape index (κ3) is 1.85. The summed E-state index contributed by atoms with van der Waals surface area (Å²) >= 11 is 0. The highest BCUT2D eigenvalue weighted by Crippen LogP contribution is 2.24. The Balaban J connectivity index is 1.73. The van der Waals surface area contributed by atoms with Gasteiger partial charge in [-0.2, -0.15) is 0 Å². The number of fused-ring (bicyclic) bond motifs is 1. The zero-order valence-electron chi connectivity index (χ0n) is 9.41. The molecular formula is C14H17NO. The molecule has 1 aliphatic rings. The van der Waals surface area contributed by atoms with Crippen LogP contribution in [0.3, 0.4) is 0 Å². The molecule has 0 spiro atoms. The molecule has 1 unspecified atom stereocenters. The van der Waals surface area contributed by atoms with Crippen LogP contribution in [0.25, 0.3) is 11.0 Å². The highest BCUT2D eigenvalue weighted by Gasteiger charge is 2.15. The SMILES string of the molecule is c1ccc2c(CCC3CCNC3)coc2c1. The van der Waals surface area contributed by atoms with Gasteiger partial charge in [0.25, 0.3) is 0 Å². The predicted octanol–water partition coefficient (Wildman–Crippen LogP) is 2.97. The van der Waals surface area contributed by atoms with Crippen LogP contribution < -0.4 is 5.32 Å². The van der Waals surface area contributed by atoms with Crippen LogP contribution in [-0.4, -0.2) is 13.1 Å². The fourth-order valence-electron chi connectivity index (χ4n) is 2.55. The number of para-hydroxylation sites is 1. The zero-order chi connectivity index (χ0) is 10.8. The molecule has 1 aromatic heterocycles. The molecule has 2 heteroatoms. The van der Waals surface area contributed by atoms with Crippen LogP contribution in [0, 0.1) is 5.92 Å². The lowest BCUT2D eigenvalue weighted by atomic mass is 9.99. The number of aryl methyl sites for hydroxylation is 1. The Kier molecular flexibility index (Phi) is 2.66. The second-order valence-corrected chi connectivity index (χ2v) is 4.65. The minimum Gasteiger partial charge on any atom is -0.464 e. The molecule has 2 heterocycles. The quantitative estimate of drug-likeness (QED) is 0.851. The van der Waals surface area contributed by atoms with Gasteiger partial charge in [-0.1, -0.05) is 18.2 Å². The number of nitrogens with one attached hydrogen (secondary N) is 1. The maximum absolute atomic E-state index is 5.55. The fraction of sp³-hybridized carbons (Fsp3) is 0.429. The largest absolute Gasteiger partial charge is 0.464 e. The van der Waals surface area contributed by atoms with E-state index in [1.807, 2.05) is 18.4 Å². The topological polar surface area (TPSA) is 25.2 Å². The summed E-state index contributed by atoms with van der Waals surface area (Å²) in [7, 11) is 0. The van der Waals surface area contributed by atoms with Gasteiger partial charge in [0.1, 0.15) is 5.58 Å². The van der Waals surface area contributed by atoms with E-state index in [0.29, 0.717) is 0 Å². The molecule has 0 aliphatic carbocycles. The third-order valence-corrected chi connectivity index (χ3v) is 3.55. The van der Waals surface area contributed by atoms with E-state index < -0.39 is 0 Å².